The van der Waals surface area contributed by atoms with Gasteiger partial charge in [-0.25, -0.2) is 4.39 Å². The van der Waals surface area contributed by atoms with Crippen molar-refractivity contribution in [3.63, 3.8) is 0 Å². The molecule has 0 unspecified atom stereocenters. The summed E-state index contributed by atoms with van der Waals surface area (Å²) in [5.41, 5.74) is 0. The van der Waals surface area contributed by atoms with Gasteiger partial charge < -0.3 is 0 Å². The number of fused-ring (bicyclic) bond motifs is 1. The van der Waals surface area contributed by atoms with Crippen molar-refractivity contribution in [2.75, 3.05) is 0 Å². The van der Waals surface area contributed by atoms with Crippen LogP contribution in [0.4, 0.5) is 4.39 Å². The van der Waals surface area contributed by atoms with Gasteiger partial charge in [0.1, 0.15) is 5.82 Å². The predicted molar refractivity (Wildman–Crippen MR) is 56.6 cm³/mol. The smallest absolute Gasteiger partial charge is 0.131 e. The van der Waals surface area contributed by atoms with Crippen LogP contribution in [-0.4, -0.2) is 0 Å². The Morgan fingerprint density at radius 2 is 1.58 bits per heavy atom. The molecule has 0 radical (unpaired) electrons. The van der Waals surface area contributed by atoms with Gasteiger partial charge in [0.05, 0.1) is 0 Å². The third-order valence-corrected chi connectivity index (χ3v) is 2.76. The van der Waals surface area contributed by atoms with Crippen LogP contribution in [0.5, 0.6) is 0 Å². The number of hydrogen-bond donors (Lipinski definition) is 0. The monoisotopic (exact) mass is 272 g/mol. The lowest BCUT2D eigenvalue weighted by Gasteiger charge is -2.00. The van der Waals surface area contributed by atoms with Crippen LogP contribution in [0, 0.1) is 9.39 Å². The number of rotatable bonds is 0. The Morgan fingerprint density at radius 3 is 2.25 bits per heavy atom. The van der Waals surface area contributed by atoms with Gasteiger partial charge in [-0.3, -0.25) is 0 Å². The van der Waals surface area contributed by atoms with Gasteiger partial charge in [0.25, 0.3) is 0 Å². The van der Waals surface area contributed by atoms with E-state index in [1.807, 2.05) is 18.2 Å². The van der Waals surface area contributed by atoms with E-state index in [2.05, 4.69) is 22.6 Å². The lowest BCUT2D eigenvalue weighted by Crippen LogP contribution is -1.81. The van der Waals surface area contributed by atoms with Gasteiger partial charge in [-0.1, -0.05) is 24.3 Å². The highest BCUT2D eigenvalue weighted by molar-refractivity contribution is 14.1. The van der Waals surface area contributed by atoms with Crippen molar-refractivity contribution >= 4 is 33.4 Å². The molecule has 0 bridgehead atoms. The first-order chi connectivity index (χ1) is 5.79. The third-order valence-electron chi connectivity index (χ3n) is 1.82. The summed E-state index contributed by atoms with van der Waals surface area (Å²) in [5.74, 6) is -0.147. The van der Waals surface area contributed by atoms with Crippen LogP contribution in [0.1, 0.15) is 0 Å². The van der Waals surface area contributed by atoms with Crippen molar-refractivity contribution < 1.29 is 4.39 Å². The first-order valence-corrected chi connectivity index (χ1v) is 4.69. The molecule has 0 aromatic heterocycles. The van der Waals surface area contributed by atoms with Crippen molar-refractivity contribution in [1.82, 2.24) is 0 Å². The molecule has 0 amide bonds. The average molecular weight is 272 g/mol. The maximum Gasteiger partial charge on any atom is 0.131 e. The molecule has 2 heteroatoms. The van der Waals surface area contributed by atoms with Crippen LogP contribution in [0.3, 0.4) is 0 Å². The molecular formula is C10H6FI. The van der Waals surface area contributed by atoms with Crippen molar-refractivity contribution in [3.05, 3.63) is 45.8 Å². The van der Waals surface area contributed by atoms with Crippen molar-refractivity contribution in [2.45, 2.75) is 0 Å². The molecule has 0 nitrogen and oxygen atoms in total. The summed E-state index contributed by atoms with van der Waals surface area (Å²) in [6, 6.07) is 10.8. The summed E-state index contributed by atoms with van der Waals surface area (Å²) in [6.45, 7) is 0. The summed E-state index contributed by atoms with van der Waals surface area (Å²) in [6.07, 6.45) is 0. The molecule has 0 atom stereocenters. The largest absolute Gasteiger partial charge is 0.206 e. The van der Waals surface area contributed by atoms with Crippen LogP contribution in [-0.2, 0) is 0 Å². The Labute approximate surface area is 83.5 Å². The minimum absolute atomic E-state index is 0.147. The Kier molecular flexibility index (Phi) is 2.00. The third kappa shape index (κ3) is 1.20. The van der Waals surface area contributed by atoms with E-state index < -0.39 is 0 Å². The van der Waals surface area contributed by atoms with E-state index in [1.165, 1.54) is 6.07 Å². The molecule has 0 saturated carbocycles. The normalized spacial score (nSPS) is 10.5. The highest BCUT2D eigenvalue weighted by Crippen LogP contribution is 2.22. The molecule has 0 aliphatic rings. The Hall–Kier alpha value is -0.640. The molecule has 0 aliphatic heterocycles. The minimum atomic E-state index is -0.147. The van der Waals surface area contributed by atoms with Gasteiger partial charge in [-0.2, -0.15) is 0 Å². The van der Waals surface area contributed by atoms with Gasteiger partial charge in [0.2, 0.25) is 0 Å². The summed E-state index contributed by atoms with van der Waals surface area (Å²) >= 11 is 2.21. The molecule has 0 saturated heterocycles. The fourth-order valence-electron chi connectivity index (χ4n) is 1.23. The molecule has 0 fully saturated rings. The van der Waals surface area contributed by atoms with E-state index in [-0.39, 0.29) is 5.82 Å². The fourth-order valence-corrected chi connectivity index (χ4v) is 1.88. The van der Waals surface area contributed by atoms with Gasteiger partial charge >= 0.3 is 0 Å². The fraction of sp³-hybridized carbons (Fsp3) is 0. The molecule has 0 heterocycles. The number of benzene rings is 2. The number of halogens is 2. The lowest BCUT2D eigenvalue weighted by atomic mass is 10.1. The van der Waals surface area contributed by atoms with Crippen molar-refractivity contribution in [3.8, 4) is 0 Å². The summed E-state index contributed by atoms with van der Waals surface area (Å²) in [7, 11) is 0. The maximum atomic E-state index is 13.2. The highest BCUT2D eigenvalue weighted by Gasteiger charge is 2.01. The van der Waals surface area contributed by atoms with Gasteiger partial charge in [0, 0.05) is 8.96 Å². The zero-order valence-corrected chi connectivity index (χ0v) is 8.38. The van der Waals surface area contributed by atoms with Gasteiger partial charge in [-0.05, 0) is 40.1 Å². The summed E-state index contributed by atoms with van der Waals surface area (Å²) in [4.78, 5) is 0. The molecule has 2 rings (SSSR count). The summed E-state index contributed by atoms with van der Waals surface area (Å²) < 4.78 is 14.3. The average Bonchev–Trinajstić information content (AvgIpc) is 2.12. The standard InChI is InChI=1S/C10H6FI/c11-9-5-6-10(12)8-4-2-1-3-7(8)9/h1-6H. The van der Waals surface area contributed by atoms with E-state index in [9.17, 15) is 4.39 Å². The SMILES string of the molecule is Fc1ccc(I)c2ccccc12. The molecule has 12 heavy (non-hydrogen) atoms. The van der Waals surface area contributed by atoms with Gasteiger partial charge in [-0.15, -0.1) is 0 Å². The van der Waals surface area contributed by atoms with Gasteiger partial charge in [0.15, 0.2) is 0 Å². The summed E-state index contributed by atoms with van der Waals surface area (Å²) in [5, 5.41) is 1.68. The Morgan fingerprint density at radius 1 is 0.917 bits per heavy atom. The van der Waals surface area contributed by atoms with E-state index in [4.69, 9.17) is 0 Å². The molecule has 2 aromatic rings. The molecular weight excluding hydrogens is 266 g/mol. The second-order valence-electron chi connectivity index (χ2n) is 2.57. The lowest BCUT2D eigenvalue weighted by molar-refractivity contribution is 0.639. The molecule has 60 valence electrons. The second kappa shape index (κ2) is 3.01. The Balaban J connectivity index is 2.95. The molecule has 0 spiro atoms. The van der Waals surface area contributed by atoms with E-state index >= 15 is 0 Å². The zero-order chi connectivity index (χ0) is 8.55. The van der Waals surface area contributed by atoms with E-state index in [0.717, 1.165) is 8.96 Å². The maximum absolute atomic E-state index is 13.2. The zero-order valence-electron chi connectivity index (χ0n) is 6.22. The molecule has 2 aromatic carbocycles. The van der Waals surface area contributed by atoms with Crippen LogP contribution >= 0.6 is 22.6 Å². The minimum Gasteiger partial charge on any atom is -0.206 e. The first-order valence-electron chi connectivity index (χ1n) is 3.62. The molecule has 0 N–H and O–H groups in total. The van der Waals surface area contributed by atoms with E-state index in [0.29, 0.717) is 5.39 Å². The molecule has 0 aliphatic carbocycles. The van der Waals surface area contributed by atoms with Crippen LogP contribution in [0.2, 0.25) is 0 Å². The van der Waals surface area contributed by atoms with Crippen LogP contribution < -0.4 is 0 Å². The van der Waals surface area contributed by atoms with Crippen LogP contribution in [0.25, 0.3) is 10.8 Å². The first kappa shape index (κ1) is 7.98. The quantitative estimate of drug-likeness (QED) is 0.643. The second-order valence-corrected chi connectivity index (χ2v) is 3.74. The van der Waals surface area contributed by atoms with Crippen LogP contribution in [0.15, 0.2) is 36.4 Å². The van der Waals surface area contributed by atoms with E-state index in [1.54, 1.807) is 12.1 Å². The van der Waals surface area contributed by atoms with Crippen molar-refractivity contribution in [2.24, 2.45) is 0 Å². The number of hydrogen-bond acceptors (Lipinski definition) is 0. The highest BCUT2D eigenvalue weighted by atomic mass is 127. The topological polar surface area (TPSA) is 0 Å². The van der Waals surface area contributed by atoms with Crippen molar-refractivity contribution in [1.29, 1.82) is 0 Å². The predicted octanol–water partition coefficient (Wildman–Crippen LogP) is 3.58. The Bertz CT molecular complexity index is 383.